The van der Waals surface area contributed by atoms with Crippen molar-refractivity contribution in [2.75, 3.05) is 11.9 Å². The highest BCUT2D eigenvalue weighted by Gasteiger charge is 2.41. The Balaban J connectivity index is 2.01. The Hall–Kier alpha value is -2.75. The molecule has 0 amide bonds. The first-order valence-corrected chi connectivity index (χ1v) is 9.26. The molecule has 0 radical (unpaired) electrons. The Bertz CT molecular complexity index is 995. The largest absolute Gasteiger partial charge is 0.416 e. The molecule has 0 saturated carbocycles. The molecular weight excluding hydrogens is 359 g/mol. The number of anilines is 2. The van der Waals surface area contributed by atoms with Crippen molar-refractivity contribution in [3.8, 4) is 0 Å². The van der Waals surface area contributed by atoms with Gasteiger partial charge in [-0.1, -0.05) is 47.5 Å². The molecule has 144 valence electrons. The number of aryl methyl sites for hydroxylation is 2. The number of nitrogens with zero attached hydrogens (tertiary/aromatic N) is 1. The molecular formula is C24H22F3N. The van der Waals surface area contributed by atoms with E-state index in [2.05, 4.69) is 48.2 Å². The predicted molar refractivity (Wildman–Crippen MR) is 107 cm³/mol. The van der Waals surface area contributed by atoms with E-state index in [9.17, 15) is 13.2 Å². The van der Waals surface area contributed by atoms with Gasteiger partial charge in [0.1, 0.15) is 0 Å². The molecule has 1 aliphatic heterocycles. The zero-order valence-corrected chi connectivity index (χ0v) is 16.4. The van der Waals surface area contributed by atoms with Crippen molar-refractivity contribution in [1.82, 2.24) is 0 Å². The second-order valence-electron chi connectivity index (χ2n) is 7.80. The molecule has 4 heteroatoms. The van der Waals surface area contributed by atoms with E-state index in [0.29, 0.717) is 0 Å². The third-order valence-electron chi connectivity index (χ3n) is 5.89. The molecule has 3 aromatic carbocycles. The summed E-state index contributed by atoms with van der Waals surface area (Å²) >= 11 is 0. The second kappa shape index (κ2) is 6.13. The van der Waals surface area contributed by atoms with E-state index >= 15 is 0 Å². The van der Waals surface area contributed by atoms with Gasteiger partial charge in [-0.25, -0.2) is 0 Å². The van der Waals surface area contributed by atoms with Crippen molar-refractivity contribution in [3.05, 3.63) is 94.0 Å². The van der Waals surface area contributed by atoms with Crippen LogP contribution in [0.5, 0.6) is 0 Å². The molecule has 4 rings (SSSR count). The van der Waals surface area contributed by atoms with Crippen molar-refractivity contribution < 1.29 is 13.2 Å². The van der Waals surface area contributed by atoms with Crippen LogP contribution >= 0.6 is 0 Å². The van der Waals surface area contributed by atoms with E-state index in [4.69, 9.17) is 0 Å². The van der Waals surface area contributed by atoms with Gasteiger partial charge in [0.2, 0.25) is 0 Å². The Morgan fingerprint density at radius 3 is 1.64 bits per heavy atom. The van der Waals surface area contributed by atoms with E-state index in [1.165, 1.54) is 12.1 Å². The Kier molecular flexibility index (Phi) is 4.07. The Morgan fingerprint density at radius 2 is 1.21 bits per heavy atom. The number of hydrogen-bond donors (Lipinski definition) is 0. The minimum atomic E-state index is -4.34. The molecule has 28 heavy (non-hydrogen) atoms. The highest BCUT2D eigenvalue weighted by atomic mass is 19.4. The maximum atomic E-state index is 13.1. The second-order valence-corrected chi connectivity index (χ2v) is 7.80. The highest BCUT2D eigenvalue weighted by molar-refractivity contribution is 5.80. The predicted octanol–water partition coefficient (Wildman–Crippen LogP) is 6.76. The fraction of sp³-hybridized carbons (Fsp3) is 0.250. The molecule has 1 heterocycles. The highest BCUT2D eigenvalue weighted by Crippen LogP contribution is 2.52. The molecule has 0 N–H and O–H groups in total. The lowest BCUT2D eigenvalue weighted by Crippen LogP contribution is -2.34. The number of hydrogen-bond acceptors (Lipinski definition) is 1. The molecule has 1 aliphatic rings. The van der Waals surface area contributed by atoms with Gasteiger partial charge < -0.3 is 4.90 Å². The van der Waals surface area contributed by atoms with E-state index in [1.807, 2.05) is 20.9 Å². The SMILES string of the molecule is Cc1ccc2c(c1)C(C)(c1ccc(C(F)(F)F)cc1)c1cc(C)ccc1N2C. The van der Waals surface area contributed by atoms with E-state index < -0.39 is 17.2 Å². The van der Waals surface area contributed by atoms with Crippen LogP contribution in [-0.2, 0) is 11.6 Å². The minimum Gasteiger partial charge on any atom is -0.344 e. The van der Waals surface area contributed by atoms with Gasteiger partial charge in [0, 0.05) is 23.8 Å². The van der Waals surface area contributed by atoms with Crippen LogP contribution in [0.2, 0.25) is 0 Å². The van der Waals surface area contributed by atoms with Crippen molar-refractivity contribution in [3.63, 3.8) is 0 Å². The molecule has 0 aliphatic carbocycles. The van der Waals surface area contributed by atoms with Crippen LogP contribution in [-0.4, -0.2) is 7.05 Å². The summed E-state index contributed by atoms with van der Waals surface area (Å²) in [5.74, 6) is 0. The van der Waals surface area contributed by atoms with Gasteiger partial charge in [0.05, 0.1) is 5.56 Å². The number of benzene rings is 3. The molecule has 0 atom stereocenters. The lowest BCUT2D eigenvalue weighted by molar-refractivity contribution is -0.137. The van der Waals surface area contributed by atoms with Crippen LogP contribution in [0.3, 0.4) is 0 Å². The van der Waals surface area contributed by atoms with Gasteiger partial charge in [-0.05, 0) is 61.7 Å². The van der Waals surface area contributed by atoms with Crippen molar-refractivity contribution in [2.45, 2.75) is 32.4 Å². The number of fused-ring (bicyclic) bond motifs is 2. The summed E-state index contributed by atoms with van der Waals surface area (Å²) in [7, 11) is 2.04. The van der Waals surface area contributed by atoms with E-state index in [1.54, 1.807) is 12.1 Å². The van der Waals surface area contributed by atoms with Crippen LogP contribution in [0.15, 0.2) is 60.7 Å². The van der Waals surface area contributed by atoms with Crippen molar-refractivity contribution in [2.24, 2.45) is 0 Å². The van der Waals surface area contributed by atoms with Crippen LogP contribution in [0.4, 0.5) is 24.5 Å². The van der Waals surface area contributed by atoms with Gasteiger partial charge in [0.15, 0.2) is 0 Å². The summed E-state index contributed by atoms with van der Waals surface area (Å²) < 4.78 is 39.3. The quantitative estimate of drug-likeness (QED) is 0.450. The summed E-state index contributed by atoms with van der Waals surface area (Å²) in [4.78, 5) is 2.16. The minimum absolute atomic E-state index is 0.542. The van der Waals surface area contributed by atoms with Gasteiger partial charge in [-0.3, -0.25) is 0 Å². The maximum absolute atomic E-state index is 13.1. The number of alkyl halides is 3. The lowest BCUT2D eigenvalue weighted by atomic mass is 9.67. The summed E-state index contributed by atoms with van der Waals surface area (Å²) in [6.07, 6.45) is -4.34. The van der Waals surface area contributed by atoms with E-state index in [0.717, 1.165) is 39.2 Å². The van der Waals surface area contributed by atoms with Crippen LogP contribution in [0, 0.1) is 13.8 Å². The Labute approximate surface area is 163 Å². The van der Waals surface area contributed by atoms with E-state index in [-0.39, 0.29) is 0 Å². The average molecular weight is 381 g/mol. The summed E-state index contributed by atoms with van der Waals surface area (Å²) in [6, 6.07) is 18.2. The van der Waals surface area contributed by atoms with Gasteiger partial charge in [-0.2, -0.15) is 13.2 Å². The molecule has 0 aromatic heterocycles. The Morgan fingerprint density at radius 1 is 0.750 bits per heavy atom. The summed E-state index contributed by atoms with van der Waals surface area (Å²) in [6.45, 7) is 6.19. The molecule has 0 fully saturated rings. The average Bonchev–Trinajstić information content (AvgIpc) is 2.65. The fourth-order valence-corrected chi connectivity index (χ4v) is 4.26. The first kappa shape index (κ1) is 18.6. The first-order valence-electron chi connectivity index (χ1n) is 9.26. The van der Waals surface area contributed by atoms with Crippen molar-refractivity contribution >= 4 is 11.4 Å². The standard InChI is InChI=1S/C24H22F3N/c1-15-5-11-21-19(13-15)23(3,17-7-9-18(10-8-17)24(25,26)27)20-14-16(2)6-12-22(20)28(21)4/h5-14H,1-4H3. The fourth-order valence-electron chi connectivity index (χ4n) is 4.26. The monoisotopic (exact) mass is 381 g/mol. The molecule has 1 nitrogen and oxygen atoms in total. The third kappa shape index (κ3) is 2.70. The summed E-state index contributed by atoms with van der Waals surface area (Å²) in [5, 5.41) is 0. The zero-order valence-electron chi connectivity index (χ0n) is 16.4. The molecule has 0 spiro atoms. The van der Waals surface area contributed by atoms with Gasteiger partial charge in [-0.15, -0.1) is 0 Å². The number of halogens is 3. The van der Waals surface area contributed by atoms with Crippen LogP contribution < -0.4 is 4.90 Å². The zero-order chi connectivity index (χ0) is 20.3. The normalized spacial score (nSPS) is 15.2. The first-order chi connectivity index (χ1) is 13.1. The van der Waals surface area contributed by atoms with Crippen LogP contribution in [0.1, 0.15) is 40.3 Å². The van der Waals surface area contributed by atoms with Crippen molar-refractivity contribution in [1.29, 1.82) is 0 Å². The lowest BCUT2D eigenvalue weighted by Gasteiger charge is -2.43. The van der Waals surface area contributed by atoms with Gasteiger partial charge >= 0.3 is 6.18 Å². The van der Waals surface area contributed by atoms with Gasteiger partial charge in [0.25, 0.3) is 0 Å². The molecule has 0 saturated heterocycles. The smallest absolute Gasteiger partial charge is 0.344 e. The summed E-state index contributed by atoms with van der Waals surface area (Å²) in [5.41, 5.74) is 6.30. The van der Waals surface area contributed by atoms with Crippen LogP contribution in [0.25, 0.3) is 0 Å². The topological polar surface area (TPSA) is 3.24 Å². The molecule has 3 aromatic rings. The maximum Gasteiger partial charge on any atom is 0.416 e. The third-order valence-corrected chi connectivity index (χ3v) is 5.89. The molecule has 0 bridgehead atoms. The number of rotatable bonds is 1. The molecule has 0 unspecified atom stereocenters.